The predicted molar refractivity (Wildman–Crippen MR) is 118 cm³/mol. The number of aromatic hydroxyl groups is 1. The van der Waals surface area contributed by atoms with Gasteiger partial charge in [-0.3, -0.25) is 14.8 Å². The van der Waals surface area contributed by atoms with Crippen molar-refractivity contribution in [2.75, 3.05) is 5.73 Å². The van der Waals surface area contributed by atoms with Crippen LogP contribution in [0, 0.1) is 11.8 Å². The normalized spacial score (nSPS) is 12.1. The van der Waals surface area contributed by atoms with E-state index in [0.717, 1.165) is 5.56 Å². The summed E-state index contributed by atoms with van der Waals surface area (Å²) in [5.74, 6) is 4.32. The molecule has 0 aromatic heterocycles. The fraction of sp³-hybridized carbons (Fsp3) is 0.0833. The lowest BCUT2D eigenvalue weighted by Crippen LogP contribution is -2.49. The number of aliphatic hydroxyl groups excluding tert-OH is 1. The number of amides is 2. The number of carbonyl (C=O) groups is 2. The molecule has 3 aromatic rings. The quantitative estimate of drug-likeness (QED) is 0.157. The molecular formula is C24H21N3O5. The van der Waals surface area contributed by atoms with Gasteiger partial charge in [-0.25, -0.2) is 5.48 Å². The van der Waals surface area contributed by atoms with Gasteiger partial charge in [0.2, 0.25) is 0 Å². The Bertz CT molecular complexity index is 1150. The van der Waals surface area contributed by atoms with Crippen LogP contribution in [0.15, 0.2) is 72.8 Å². The predicted octanol–water partition coefficient (Wildman–Crippen LogP) is 1.71. The summed E-state index contributed by atoms with van der Waals surface area (Å²) < 4.78 is 0. The maximum atomic E-state index is 12.6. The van der Waals surface area contributed by atoms with E-state index < -0.39 is 24.0 Å². The molecule has 0 aliphatic carbocycles. The molecule has 8 heteroatoms. The first-order chi connectivity index (χ1) is 15.4. The second-order valence-corrected chi connectivity index (χ2v) is 6.91. The number of phenolic OH excluding ortho intramolecular Hbond substituents is 1. The molecule has 0 radical (unpaired) electrons. The maximum absolute atomic E-state index is 12.6. The highest BCUT2D eigenvalue weighted by Gasteiger charge is 2.30. The summed E-state index contributed by atoms with van der Waals surface area (Å²) in [6, 6.07) is 17.5. The number of phenols is 1. The van der Waals surface area contributed by atoms with E-state index in [4.69, 9.17) is 10.9 Å². The number of aliphatic hydroxyl groups is 1. The van der Waals surface area contributed by atoms with Crippen LogP contribution in [-0.2, 0) is 4.79 Å². The summed E-state index contributed by atoms with van der Waals surface area (Å²) >= 11 is 0. The van der Waals surface area contributed by atoms with Crippen LogP contribution in [0.25, 0.3) is 0 Å². The van der Waals surface area contributed by atoms with E-state index in [1.807, 2.05) is 0 Å². The summed E-state index contributed by atoms with van der Waals surface area (Å²) in [4.78, 5) is 24.7. The van der Waals surface area contributed by atoms with E-state index in [-0.39, 0.29) is 16.9 Å². The van der Waals surface area contributed by atoms with Crippen LogP contribution < -0.4 is 16.5 Å². The fourth-order valence-electron chi connectivity index (χ4n) is 2.86. The van der Waals surface area contributed by atoms with Crippen molar-refractivity contribution in [2.24, 2.45) is 0 Å². The standard InChI is InChI=1S/C24H21N3O5/c25-19-11-5-16(6-12-19)2-1-15-3-7-18(8-4-15)23(30)26-21(24(31)27-32)22(29)17-9-13-20(28)14-10-17/h3-14,21-22,28-29,32H,25H2,(H,26,30)(H,27,31)/t21-,22-/m0/s1. The first-order valence-corrected chi connectivity index (χ1v) is 9.57. The number of nitrogen functional groups attached to an aromatic ring is 1. The van der Waals surface area contributed by atoms with Crippen LogP contribution in [-0.4, -0.2) is 33.3 Å². The molecule has 0 bridgehead atoms. The highest BCUT2D eigenvalue weighted by atomic mass is 16.5. The highest BCUT2D eigenvalue weighted by molar-refractivity contribution is 5.97. The molecule has 2 amide bonds. The average molecular weight is 431 g/mol. The van der Waals surface area contributed by atoms with Gasteiger partial charge in [0.05, 0.1) is 0 Å². The van der Waals surface area contributed by atoms with E-state index in [0.29, 0.717) is 11.3 Å². The number of nitrogens with one attached hydrogen (secondary N) is 2. The van der Waals surface area contributed by atoms with Crippen LogP contribution >= 0.6 is 0 Å². The Morgan fingerprint density at radius 3 is 1.91 bits per heavy atom. The monoisotopic (exact) mass is 431 g/mol. The third-order valence-electron chi connectivity index (χ3n) is 4.64. The first kappa shape index (κ1) is 22.4. The molecule has 8 nitrogen and oxygen atoms in total. The Morgan fingerprint density at radius 2 is 1.38 bits per heavy atom. The van der Waals surface area contributed by atoms with Crippen LogP contribution in [0.5, 0.6) is 5.75 Å². The number of benzene rings is 3. The third-order valence-corrected chi connectivity index (χ3v) is 4.64. The molecule has 0 saturated heterocycles. The number of rotatable bonds is 5. The molecule has 162 valence electrons. The Labute approximate surface area is 184 Å². The summed E-state index contributed by atoms with van der Waals surface area (Å²) in [5.41, 5.74) is 9.70. The van der Waals surface area contributed by atoms with Gasteiger partial charge in [-0.1, -0.05) is 24.0 Å². The van der Waals surface area contributed by atoms with Gasteiger partial charge in [-0.2, -0.15) is 0 Å². The van der Waals surface area contributed by atoms with E-state index in [1.165, 1.54) is 41.9 Å². The van der Waals surface area contributed by atoms with Crippen molar-refractivity contribution >= 4 is 17.5 Å². The van der Waals surface area contributed by atoms with E-state index >= 15 is 0 Å². The molecule has 3 aromatic carbocycles. The Hall–Kier alpha value is -4.32. The summed E-state index contributed by atoms with van der Waals surface area (Å²) in [5, 5.41) is 31.3. The molecule has 3 rings (SSSR count). The zero-order chi connectivity index (χ0) is 23.1. The lowest BCUT2D eigenvalue weighted by molar-refractivity contribution is -0.134. The molecule has 7 N–H and O–H groups in total. The van der Waals surface area contributed by atoms with Gasteiger partial charge in [0, 0.05) is 22.4 Å². The van der Waals surface area contributed by atoms with E-state index in [2.05, 4.69) is 17.2 Å². The minimum absolute atomic E-state index is 0.0206. The van der Waals surface area contributed by atoms with Crippen molar-refractivity contribution in [3.63, 3.8) is 0 Å². The largest absolute Gasteiger partial charge is 0.508 e. The number of hydrogen-bond donors (Lipinski definition) is 6. The van der Waals surface area contributed by atoms with Gasteiger partial charge in [-0.05, 0) is 66.2 Å². The van der Waals surface area contributed by atoms with Gasteiger partial charge in [0.15, 0.2) is 0 Å². The summed E-state index contributed by atoms with van der Waals surface area (Å²) in [7, 11) is 0. The van der Waals surface area contributed by atoms with Crippen LogP contribution in [0.1, 0.15) is 33.2 Å². The summed E-state index contributed by atoms with van der Waals surface area (Å²) in [6.45, 7) is 0. The van der Waals surface area contributed by atoms with Crippen LogP contribution in [0.4, 0.5) is 5.69 Å². The summed E-state index contributed by atoms with van der Waals surface area (Å²) in [6.07, 6.45) is -1.46. The van der Waals surface area contributed by atoms with Gasteiger partial charge >= 0.3 is 0 Å². The number of carbonyl (C=O) groups excluding carboxylic acids is 2. The second kappa shape index (κ2) is 10.1. The molecule has 0 aliphatic heterocycles. The lowest BCUT2D eigenvalue weighted by atomic mass is 10.0. The first-order valence-electron chi connectivity index (χ1n) is 9.57. The van der Waals surface area contributed by atoms with Crippen molar-refractivity contribution in [1.29, 1.82) is 0 Å². The molecule has 0 fully saturated rings. The SMILES string of the molecule is Nc1ccc(C#Cc2ccc(C(=O)N[C@H](C(=O)NO)[C@@H](O)c3ccc(O)cc3)cc2)cc1. The molecule has 32 heavy (non-hydrogen) atoms. The minimum Gasteiger partial charge on any atom is -0.508 e. The van der Waals surface area contributed by atoms with Gasteiger partial charge in [0.25, 0.3) is 11.8 Å². The average Bonchev–Trinajstić information content (AvgIpc) is 2.82. The van der Waals surface area contributed by atoms with Crippen molar-refractivity contribution in [3.05, 3.63) is 95.1 Å². The van der Waals surface area contributed by atoms with Crippen molar-refractivity contribution in [1.82, 2.24) is 10.8 Å². The fourth-order valence-corrected chi connectivity index (χ4v) is 2.86. The van der Waals surface area contributed by atoms with Gasteiger partial charge < -0.3 is 21.3 Å². The minimum atomic E-state index is -1.47. The second-order valence-electron chi connectivity index (χ2n) is 6.91. The number of nitrogens with two attached hydrogens (primary N) is 1. The lowest BCUT2D eigenvalue weighted by Gasteiger charge is -2.22. The van der Waals surface area contributed by atoms with E-state index in [9.17, 15) is 19.8 Å². The van der Waals surface area contributed by atoms with Crippen molar-refractivity contribution in [2.45, 2.75) is 12.1 Å². The zero-order valence-corrected chi connectivity index (χ0v) is 16.8. The maximum Gasteiger partial charge on any atom is 0.268 e. The van der Waals surface area contributed by atoms with E-state index in [1.54, 1.807) is 36.4 Å². The van der Waals surface area contributed by atoms with Crippen LogP contribution in [0.3, 0.4) is 0 Å². The molecule has 0 heterocycles. The Kier molecular flexibility index (Phi) is 7.08. The highest BCUT2D eigenvalue weighted by Crippen LogP contribution is 2.20. The number of hydroxylamine groups is 1. The van der Waals surface area contributed by atoms with Gasteiger partial charge in [0.1, 0.15) is 17.9 Å². The van der Waals surface area contributed by atoms with Gasteiger partial charge in [-0.15, -0.1) is 0 Å². The van der Waals surface area contributed by atoms with Crippen LogP contribution in [0.2, 0.25) is 0 Å². The molecule has 0 saturated carbocycles. The Morgan fingerprint density at radius 1 is 0.844 bits per heavy atom. The smallest absolute Gasteiger partial charge is 0.268 e. The molecular weight excluding hydrogens is 410 g/mol. The van der Waals surface area contributed by atoms with Crippen molar-refractivity contribution in [3.8, 4) is 17.6 Å². The molecule has 0 spiro atoms. The molecule has 0 unspecified atom stereocenters. The molecule has 0 aliphatic rings. The zero-order valence-electron chi connectivity index (χ0n) is 16.8. The topological polar surface area (TPSA) is 145 Å². The number of anilines is 1. The Balaban J connectivity index is 1.73. The molecule has 2 atom stereocenters. The third kappa shape index (κ3) is 5.64. The van der Waals surface area contributed by atoms with Crippen molar-refractivity contribution < 1.29 is 25.0 Å². The number of hydrogen-bond acceptors (Lipinski definition) is 6.